The van der Waals surface area contributed by atoms with Crippen LogP contribution in [-0.4, -0.2) is 24.2 Å². The van der Waals surface area contributed by atoms with Gasteiger partial charge < -0.3 is 15.7 Å². The minimum Gasteiger partial charge on any atom is -0.478 e. The number of rotatable bonds is 2. The zero-order valence-corrected chi connectivity index (χ0v) is 11.7. The van der Waals surface area contributed by atoms with Crippen LogP contribution in [0, 0.1) is 0 Å². The summed E-state index contributed by atoms with van der Waals surface area (Å²) in [5.41, 5.74) is 10.1. The molecular formula is C17H18N2O2. The van der Waals surface area contributed by atoms with E-state index in [0.29, 0.717) is 5.69 Å². The highest BCUT2D eigenvalue weighted by atomic mass is 16.4. The number of hydrogen-bond acceptors (Lipinski definition) is 3. The van der Waals surface area contributed by atoms with Gasteiger partial charge in [-0.25, -0.2) is 4.79 Å². The minimum atomic E-state index is -0.979. The lowest BCUT2D eigenvalue weighted by Crippen LogP contribution is -2.27. The summed E-state index contributed by atoms with van der Waals surface area (Å²) in [6.45, 7) is 1.70. The number of nitrogens with two attached hydrogens (primary N) is 1. The fourth-order valence-corrected chi connectivity index (χ4v) is 2.92. The number of para-hydroxylation sites is 1. The molecule has 0 unspecified atom stereocenters. The number of anilines is 2. The fraction of sp³-hybridized carbons (Fsp3) is 0.235. The number of aromatic carboxylic acids is 1. The van der Waals surface area contributed by atoms with Crippen LogP contribution in [0.15, 0.2) is 42.5 Å². The van der Waals surface area contributed by atoms with Crippen molar-refractivity contribution in [1.82, 2.24) is 0 Å². The van der Waals surface area contributed by atoms with Crippen LogP contribution in [-0.2, 0) is 12.8 Å². The van der Waals surface area contributed by atoms with E-state index in [4.69, 9.17) is 5.73 Å². The summed E-state index contributed by atoms with van der Waals surface area (Å²) in [5.74, 6) is -0.979. The van der Waals surface area contributed by atoms with Crippen molar-refractivity contribution in [2.75, 3.05) is 23.7 Å². The van der Waals surface area contributed by atoms with Crippen molar-refractivity contribution in [2.24, 2.45) is 0 Å². The van der Waals surface area contributed by atoms with Gasteiger partial charge in [-0.2, -0.15) is 0 Å². The van der Waals surface area contributed by atoms with Crippen molar-refractivity contribution >= 4 is 17.3 Å². The number of carboxylic acid groups (broad SMARTS) is 1. The van der Waals surface area contributed by atoms with E-state index in [1.807, 2.05) is 6.07 Å². The maximum atomic E-state index is 11.2. The van der Waals surface area contributed by atoms with E-state index in [2.05, 4.69) is 29.2 Å². The lowest BCUT2D eigenvalue weighted by Gasteiger charge is -2.24. The average Bonchev–Trinajstić information content (AvgIpc) is 2.70. The third-order valence-corrected chi connectivity index (χ3v) is 4.07. The van der Waals surface area contributed by atoms with Crippen LogP contribution >= 0.6 is 0 Å². The molecule has 4 nitrogen and oxygen atoms in total. The number of nitrogen functional groups attached to an aromatic ring is 1. The molecule has 0 aliphatic carbocycles. The molecule has 2 aromatic rings. The highest BCUT2D eigenvalue weighted by Crippen LogP contribution is 2.29. The van der Waals surface area contributed by atoms with Gasteiger partial charge >= 0.3 is 5.97 Å². The second kappa shape index (κ2) is 5.48. The number of carboxylic acids is 1. The van der Waals surface area contributed by atoms with Crippen molar-refractivity contribution in [3.05, 3.63) is 59.2 Å². The molecule has 1 aliphatic rings. The van der Waals surface area contributed by atoms with Gasteiger partial charge in [0.05, 0.1) is 16.9 Å². The summed E-state index contributed by atoms with van der Waals surface area (Å²) in [7, 11) is 0. The Morgan fingerprint density at radius 2 is 1.62 bits per heavy atom. The third kappa shape index (κ3) is 2.57. The van der Waals surface area contributed by atoms with Crippen LogP contribution in [0.25, 0.3) is 0 Å². The van der Waals surface area contributed by atoms with Crippen molar-refractivity contribution in [1.29, 1.82) is 0 Å². The summed E-state index contributed by atoms with van der Waals surface area (Å²) in [4.78, 5) is 13.4. The number of hydrogen-bond donors (Lipinski definition) is 2. The van der Waals surface area contributed by atoms with Crippen LogP contribution in [0.4, 0.5) is 11.4 Å². The van der Waals surface area contributed by atoms with Crippen LogP contribution in [0.3, 0.4) is 0 Å². The summed E-state index contributed by atoms with van der Waals surface area (Å²) in [6.07, 6.45) is 1.90. The first-order valence-corrected chi connectivity index (χ1v) is 7.10. The smallest absolute Gasteiger partial charge is 0.337 e. The molecule has 108 valence electrons. The van der Waals surface area contributed by atoms with Gasteiger partial charge in [0.15, 0.2) is 0 Å². The normalized spacial score (nSPS) is 14.4. The monoisotopic (exact) mass is 282 g/mol. The van der Waals surface area contributed by atoms with E-state index < -0.39 is 5.97 Å². The summed E-state index contributed by atoms with van der Waals surface area (Å²) in [6, 6.07) is 13.7. The molecule has 4 heteroatoms. The Balaban J connectivity index is 1.90. The van der Waals surface area contributed by atoms with Gasteiger partial charge in [0.25, 0.3) is 0 Å². The second-order valence-electron chi connectivity index (χ2n) is 5.30. The second-order valence-corrected chi connectivity index (χ2v) is 5.30. The largest absolute Gasteiger partial charge is 0.478 e. The van der Waals surface area contributed by atoms with Crippen LogP contribution in [0.5, 0.6) is 0 Å². The van der Waals surface area contributed by atoms with E-state index in [0.717, 1.165) is 31.6 Å². The summed E-state index contributed by atoms with van der Waals surface area (Å²) < 4.78 is 0. The van der Waals surface area contributed by atoms with Crippen molar-refractivity contribution in [3.8, 4) is 0 Å². The first kappa shape index (κ1) is 13.5. The van der Waals surface area contributed by atoms with E-state index >= 15 is 0 Å². The molecule has 3 rings (SSSR count). The van der Waals surface area contributed by atoms with E-state index in [-0.39, 0.29) is 5.56 Å². The standard InChI is InChI=1S/C17H18N2O2/c18-16-14(17(20)21)6-3-7-15(16)19-10-8-12-4-1-2-5-13(12)9-11-19/h1-7H,8-11,18H2,(H,20,21). The Hall–Kier alpha value is -2.49. The molecular weight excluding hydrogens is 264 g/mol. The molecule has 0 radical (unpaired) electrons. The predicted molar refractivity (Wildman–Crippen MR) is 83.9 cm³/mol. The molecule has 0 atom stereocenters. The van der Waals surface area contributed by atoms with Gasteiger partial charge in [-0.1, -0.05) is 30.3 Å². The lowest BCUT2D eigenvalue weighted by molar-refractivity contribution is 0.0698. The van der Waals surface area contributed by atoms with Gasteiger partial charge in [-0.3, -0.25) is 0 Å². The molecule has 0 spiro atoms. The molecule has 0 aromatic heterocycles. The molecule has 2 aromatic carbocycles. The molecule has 21 heavy (non-hydrogen) atoms. The Morgan fingerprint density at radius 3 is 2.19 bits per heavy atom. The predicted octanol–water partition coefficient (Wildman–Crippen LogP) is 2.57. The zero-order chi connectivity index (χ0) is 14.8. The molecule has 3 N–H and O–H groups in total. The molecule has 0 saturated carbocycles. The average molecular weight is 282 g/mol. The van der Waals surface area contributed by atoms with Crippen LogP contribution in [0.2, 0.25) is 0 Å². The Labute approximate surface area is 123 Å². The van der Waals surface area contributed by atoms with Crippen molar-refractivity contribution < 1.29 is 9.90 Å². The van der Waals surface area contributed by atoms with E-state index in [1.165, 1.54) is 11.1 Å². The van der Waals surface area contributed by atoms with Crippen LogP contribution in [0.1, 0.15) is 21.5 Å². The van der Waals surface area contributed by atoms with E-state index in [1.54, 1.807) is 12.1 Å². The Bertz CT molecular complexity index is 655. The first-order valence-electron chi connectivity index (χ1n) is 7.10. The zero-order valence-electron chi connectivity index (χ0n) is 11.7. The molecule has 0 saturated heterocycles. The van der Waals surface area contributed by atoms with Gasteiger partial charge in [0, 0.05) is 13.1 Å². The maximum Gasteiger partial charge on any atom is 0.337 e. The summed E-state index contributed by atoms with van der Waals surface area (Å²) >= 11 is 0. The van der Waals surface area contributed by atoms with E-state index in [9.17, 15) is 9.90 Å². The van der Waals surface area contributed by atoms with Gasteiger partial charge in [0.1, 0.15) is 0 Å². The summed E-state index contributed by atoms with van der Waals surface area (Å²) in [5, 5.41) is 9.19. The van der Waals surface area contributed by atoms with Gasteiger partial charge in [-0.05, 0) is 36.1 Å². The molecule has 0 bridgehead atoms. The van der Waals surface area contributed by atoms with Gasteiger partial charge in [0.2, 0.25) is 0 Å². The molecule has 1 aliphatic heterocycles. The minimum absolute atomic E-state index is 0.175. The molecule has 0 fully saturated rings. The Kier molecular flexibility index (Phi) is 3.52. The first-order chi connectivity index (χ1) is 10.2. The number of fused-ring (bicyclic) bond motifs is 1. The highest BCUT2D eigenvalue weighted by molar-refractivity contribution is 5.97. The van der Waals surface area contributed by atoms with Gasteiger partial charge in [-0.15, -0.1) is 0 Å². The number of benzene rings is 2. The van der Waals surface area contributed by atoms with Crippen molar-refractivity contribution in [3.63, 3.8) is 0 Å². The maximum absolute atomic E-state index is 11.2. The number of carbonyl (C=O) groups is 1. The SMILES string of the molecule is Nc1c(C(=O)O)cccc1N1CCc2ccccc2CC1. The lowest BCUT2D eigenvalue weighted by atomic mass is 10.0. The van der Waals surface area contributed by atoms with Crippen LogP contribution < -0.4 is 10.6 Å². The topological polar surface area (TPSA) is 66.6 Å². The third-order valence-electron chi connectivity index (χ3n) is 4.07. The Morgan fingerprint density at radius 1 is 1.00 bits per heavy atom. The molecule has 1 heterocycles. The molecule has 0 amide bonds. The number of nitrogens with zero attached hydrogens (tertiary/aromatic N) is 1. The fourth-order valence-electron chi connectivity index (χ4n) is 2.92. The quantitative estimate of drug-likeness (QED) is 0.831. The van der Waals surface area contributed by atoms with Crippen molar-refractivity contribution in [2.45, 2.75) is 12.8 Å². The highest BCUT2D eigenvalue weighted by Gasteiger charge is 2.18.